The maximum atomic E-state index is 6.12. The summed E-state index contributed by atoms with van der Waals surface area (Å²) in [4.78, 5) is 8.95. The van der Waals surface area contributed by atoms with E-state index in [-0.39, 0.29) is 0 Å². The van der Waals surface area contributed by atoms with Crippen LogP contribution in [-0.2, 0) is 0 Å². The van der Waals surface area contributed by atoms with E-state index in [9.17, 15) is 0 Å². The Morgan fingerprint density at radius 3 is 2.68 bits per heavy atom. The molecule has 0 amide bonds. The van der Waals surface area contributed by atoms with E-state index in [4.69, 9.17) is 16.3 Å². The largest absolute Gasteiger partial charge is 0.496 e. The topological polar surface area (TPSA) is 35.0 Å². The molecule has 0 bridgehead atoms. The lowest BCUT2D eigenvalue weighted by Crippen LogP contribution is -1.97. The number of ether oxygens (including phenoxy) is 1. The fourth-order valence-electron chi connectivity index (χ4n) is 2.12. The highest BCUT2D eigenvalue weighted by molar-refractivity contribution is 6.29. The smallest absolute Gasteiger partial charge is 0.133 e. The van der Waals surface area contributed by atoms with Crippen molar-refractivity contribution in [3.05, 3.63) is 40.8 Å². The SMILES string of the molecule is COc1ccc(C)cc1-c1cc(Cl)nc(C2CC2)n1. The van der Waals surface area contributed by atoms with Crippen LogP contribution in [-0.4, -0.2) is 17.1 Å². The molecule has 1 fully saturated rings. The number of rotatable bonds is 3. The van der Waals surface area contributed by atoms with Crippen LogP contribution in [0.4, 0.5) is 0 Å². The molecule has 0 aliphatic heterocycles. The zero-order valence-corrected chi connectivity index (χ0v) is 11.7. The first-order chi connectivity index (χ1) is 9.17. The highest BCUT2D eigenvalue weighted by atomic mass is 35.5. The normalized spacial score (nSPS) is 14.5. The zero-order chi connectivity index (χ0) is 13.4. The fourth-order valence-corrected chi connectivity index (χ4v) is 2.31. The van der Waals surface area contributed by atoms with Crippen molar-refractivity contribution in [2.24, 2.45) is 0 Å². The average Bonchev–Trinajstić information content (AvgIpc) is 3.22. The van der Waals surface area contributed by atoms with Crippen LogP contribution in [0.15, 0.2) is 24.3 Å². The minimum absolute atomic E-state index is 0.480. The molecule has 4 heteroatoms. The van der Waals surface area contributed by atoms with E-state index in [0.29, 0.717) is 11.1 Å². The summed E-state index contributed by atoms with van der Waals surface area (Å²) in [6.45, 7) is 2.05. The van der Waals surface area contributed by atoms with E-state index >= 15 is 0 Å². The monoisotopic (exact) mass is 274 g/mol. The van der Waals surface area contributed by atoms with Gasteiger partial charge in [0.2, 0.25) is 0 Å². The van der Waals surface area contributed by atoms with Gasteiger partial charge >= 0.3 is 0 Å². The van der Waals surface area contributed by atoms with Gasteiger partial charge in [-0.15, -0.1) is 0 Å². The predicted molar refractivity (Wildman–Crippen MR) is 75.7 cm³/mol. The van der Waals surface area contributed by atoms with Crippen LogP contribution in [0, 0.1) is 6.92 Å². The second-order valence-electron chi connectivity index (χ2n) is 4.91. The van der Waals surface area contributed by atoms with Crippen molar-refractivity contribution in [1.29, 1.82) is 0 Å². The van der Waals surface area contributed by atoms with Crippen LogP contribution in [0.3, 0.4) is 0 Å². The van der Waals surface area contributed by atoms with E-state index in [1.54, 1.807) is 13.2 Å². The van der Waals surface area contributed by atoms with Crippen molar-refractivity contribution in [2.75, 3.05) is 7.11 Å². The van der Waals surface area contributed by atoms with Gasteiger partial charge in [-0.2, -0.15) is 0 Å². The van der Waals surface area contributed by atoms with E-state index < -0.39 is 0 Å². The van der Waals surface area contributed by atoms with Crippen molar-refractivity contribution >= 4 is 11.6 Å². The van der Waals surface area contributed by atoms with Crippen LogP contribution in [0.25, 0.3) is 11.3 Å². The zero-order valence-electron chi connectivity index (χ0n) is 11.0. The Morgan fingerprint density at radius 2 is 2.00 bits per heavy atom. The molecule has 1 aromatic carbocycles. The molecule has 1 saturated carbocycles. The maximum absolute atomic E-state index is 6.12. The molecule has 0 unspecified atom stereocenters. The summed E-state index contributed by atoms with van der Waals surface area (Å²) in [6, 6.07) is 7.84. The Morgan fingerprint density at radius 1 is 1.21 bits per heavy atom. The number of aromatic nitrogens is 2. The predicted octanol–water partition coefficient (Wildman–Crippen LogP) is 3.99. The highest BCUT2D eigenvalue weighted by Crippen LogP contribution is 2.40. The van der Waals surface area contributed by atoms with E-state index in [1.165, 1.54) is 5.56 Å². The second kappa shape index (κ2) is 4.82. The molecule has 98 valence electrons. The molecular formula is C15H15ClN2O. The third kappa shape index (κ3) is 2.56. The van der Waals surface area contributed by atoms with Crippen molar-refractivity contribution in [3.63, 3.8) is 0 Å². The summed E-state index contributed by atoms with van der Waals surface area (Å²) >= 11 is 6.12. The van der Waals surface area contributed by atoms with Gasteiger partial charge in [0.15, 0.2) is 0 Å². The summed E-state index contributed by atoms with van der Waals surface area (Å²) in [6.07, 6.45) is 2.31. The second-order valence-corrected chi connectivity index (χ2v) is 5.30. The van der Waals surface area contributed by atoms with E-state index in [0.717, 1.165) is 35.7 Å². The molecule has 0 spiro atoms. The van der Waals surface area contributed by atoms with E-state index in [2.05, 4.69) is 16.0 Å². The van der Waals surface area contributed by atoms with Crippen LogP contribution in [0.1, 0.15) is 30.1 Å². The molecular weight excluding hydrogens is 260 g/mol. The summed E-state index contributed by atoms with van der Waals surface area (Å²) in [5.74, 6) is 2.14. The molecule has 2 aromatic rings. The highest BCUT2D eigenvalue weighted by Gasteiger charge is 2.27. The number of halogens is 1. The van der Waals surface area contributed by atoms with Crippen molar-refractivity contribution < 1.29 is 4.74 Å². The lowest BCUT2D eigenvalue weighted by Gasteiger charge is -2.10. The Balaban J connectivity index is 2.12. The minimum atomic E-state index is 0.480. The van der Waals surface area contributed by atoms with Gasteiger partial charge in [-0.25, -0.2) is 9.97 Å². The van der Waals surface area contributed by atoms with Crippen LogP contribution in [0.5, 0.6) is 5.75 Å². The molecule has 0 radical (unpaired) electrons. The number of aryl methyl sites for hydroxylation is 1. The quantitative estimate of drug-likeness (QED) is 0.794. The van der Waals surface area contributed by atoms with Gasteiger partial charge in [-0.1, -0.05) is 23.2 Å². The first-order valence-corrected chi connectivity index (χ1v) is 6.74. The van der Waals surface area contributed by atoms with Gasteiger partial charge in [0, 0.05) is 17.5 Å². The first kappa shape index (κ1) is 12.4. The number of nitrogens with zero attached hydrogens (tertiary/aromatic N) is 2. The molecule has 0 N–H and O–H groups in total. The third-order valence-corrected chi connectivity index (χ3v) is 3.48. The minimum Gasteiger partial charge on any atom is -0.496 e. The lowest BCUT2D eigenvalue weighted by molar-refractivity contribution is 0.416. The van der Waals surface area contributed by atoms with Crippen molar-refractivity contribution in [1.82, 2.24) is 9.97 Å². The van der Waals surface area contributed by atoms with Gasteiger partial charge in [-0.05, 0) is 31.9 Å². The molecule has 3 nitrogen and oxygen atoms in total. The van der Waals surface area contributed by atoms with Crippen LogP contribution < -0.4 is 4.74 Å². The molecule has 0 atom stereocenters. The van der Waals surface area contributed by atoms with E-state index in [1.807, 2.05) is 19.1 Å². The summed E-state index contributed by atoms with van der Waals surface area (Å²) in [5, 5.41) is 0.496. The van der Waals surface area contributed by atoms with Crippen LogP contribution >= 0.6 is 11.6 Å². The van der Waals surface area contributed by atoms with Crippen molar-refractivity contribution in [3.8, 4) is 17.0 Å². The summed E-state index contributed by atoms with van der Waals surface area (Å²) in [7, 11) is 1.67. The Hall–Kier alpha value is -1.61. The van der Waals surface area contributed by atoms with Crippen LogP contribution in [0.2, 0.25) is 5.15 Å². The molecule has 1 aliphatic carbocycles. The van der Waals surface area contributed by atoms with Gasteiger partial charge in [0.1, 0.15) is 16.7 Å². The van der Waals surface area contributed by atoms with Gasteiger partial charge in [-0.3, -0.25) is 0 Å². The number of hydrogen-bond donors (Lipinski definition) is 0. The summed E-state index contributed by atoms with van der Waals surface area (Å²) < 4.78 is 5.41. The third-order valence-electron chi connectivity index (χ3n) is 3.29. The first-order valence-electron chi connectivity index (χ1n) is 6.37. The number of methoxy groups -OCH3 is 1. The average molecular weight is 275 g/mol. The fraction of sp³-hybridized carbons (Fsp3) is 0.333. The molecule has 1 heterocycles. The van der Waals surface area contributed by atoms with Gasteiger partial charge in [0.05, 0.1) is 12.8 Å². The lowest BCUT2D eigenvalue weighted by atomic mass is 10.1. The van der Waals surface area contributed by atoms with Gasteiger partial charge < -0.3 is 4.74 Å². The van der Waals surface area contributed by atoms with Crippen molar-refractivity contribution in [2.45, 2.75) is 25.7 Å². The Bertz CT molecular complexity index is 624. The number of benzene rings is 1. The Kier molecular flexibility index (Phi) is 3.15. The maximum Gasteiger partial charge on any atom is 0.133 e. The summed E-state index contributed by atoms with van der Waals surface area (Å²) in [5.41, 5.74) is 2.97. The standard InChI is InChI=1S/C15H15ClN2O/c1-9-3-6-13(19-2)11(7-9)12-8-14(16)18-15(17-12)10-4-5-10/h3,6-8,10H,4-5H2,1-2H3. The Labute approximate surface area is 117 Å². The molecule has 1 aromatic heterocycles. The molecule has 0 saturated heterocycles. The molecule has 19 heavy (non-hydrogen) atoms. The van der Waals surface area contributed by atoms with Gasteiger partial charge in [0.25, 0.3) is 0 Å². The number of hydrogen-bond acceptors (Lipinski definition) is 3. The molecule has 3 rings (SSSR count). The molecule has 1 aliphatic rings.